The van der Waals surface area contributed by atoms with Crippen LogP contribution in [0.2, 0.25) is 0 Å². The third-order valence-corrected chi connectivity index (χ3v) is 11.6. The summed E-state index contributed by atoms with van der Waals surface area (Å²) in [4.78, 5) is 57.0. The minimum absolute atomic E-state index is 0. The van der Waals surface area contributed by atoms with Crippen molar-refractivity contribution in [1.29, 1.82) is 0 Å². The maximum atomic E-state index is 12.0. The van der Waals surface area contributed by atoms with Crippen molar-refractivity contribution < 1.29 is 39.3 Å². The van der Waals surface area contributed by atoms with Gasteiger partial charge in [0.05, 0.1) is 25.3 Å². The van der Waals surface area contributed by atoms with Crippen LogP contribution in [0.5, 0.6) is 0 Å². The minimum atomic E-state index is -1.41. The maximum Gasteiger partial charge on any atom is 0.338 e. The topological polar surface area (TPSA) is 210 Å². The lowest BCUT2D eigenvalue weighted by Crippen LogP contribution is -2.31. The number of carbonyl (C=O) groups is 3. The number of ether oxygens (including phenoxy) is 2. The molecule has 0 spiro atoms. The zero-order chi connectivity index (χ0) is 45.9. The number of amides is 1. The predicted octanol–water partition coefficient (Wildman–Crippen LogP) is 5.54. The molecule has 16 nitrogen and oxygen atoms in total. The highest BCUT2D eigenvalue weighted by Crippen LogP contribution is 2.32. The Morgan fingerprint density at radius 2 is 1.00 bits per heavy atom. The summed E-state index contributed by atoms with van der Waals surface area (Å²) in [7, 11) is 2.78. The van der Waals surface area contributed by atoms with Crippen molar-refractivity contribution in [3.8, 4) is 0 Å². The molecule has 0 radical (unpaired) electrons. The number of hydroxylamine groups is 1. The van der Waals surface area contributed by atoms with Crippen molar-refractivity contribution in [2.75, 3.05) is 14.2 Å². The molecule has 5 heterocycles. The Morgan fingerprint density at radius 3 is 1.45 bits per heavy atom. The molecule has 0 aliphatic carbocycles. The Bertz CT molecular complexity index is 2640. The van der Waals surface area contributed by atoms with E-state index in [2.05, 4.69) is 25.3 Å². The summed E-state index contributed by atoms with van der Waals surface area (Å²) in [6.45, 7) is 6.90. The molecule has 5 N–H and O–H groups in total. The lowest BCUT2D eigenvalue weighted by molar-refractivity contribution is 0.0590. The first-order valence-corrected chi connectivity index (χ1v) is 20.9. The van der Waals surface area contributed by atoms with Crippen LogP contribution in [0.25, 0.3) is 0 Å². The van der Waals surface area contributed by atoms with E-state index in [0.717, 1.165) is 52.0 Å². The molecule has 1 amide bonds. The number of hydrogen-bond donors (Lipinski definition) is 5. The zero-order valence-corrected chi connectivity index (χ0v) is 37.5. The van der Waals surface area contributed by atoms with Crippen molar-refractivity contribution >= 4 is 53.6 Å². The van der Waals surface area contributed by atoms with Crippen molar-refractivity contribution in [1.82, 2.24) is 20.6 Å². The van der Waals surface area contributed by atoms with Gasteiger partial charge in [-0.05, 0) is 65.4 Å². The summed E-state index contributed by atoms with van der Waals surface area (Å²) in [5.74, 6) is -0.239. The maximum absolute atomic E-state index is 12.0. The van der Waals surface area contributed by atoms with E-state index >= 15 is 0 Å². The van der Waals surface area contributed by atoms with Crippen LogP contribution < -0.4 is 10.8 Å². The van der Waals surface area contributed by atoms with Gasteiger partial charge in [0.25, 0.3) is 5.91 Å². The van der Waals surface area contributed by atoms with Gasteiger partial charge in [-0.2, -0.15) is 0 Å². The van der Waals surface area contributed by atoms with Gasteiger partial charge in [0, 0.05) is 56.0 Å². The molecule has 5 aliphatic rings. The second-order valence-corrected chi connectivity index (χ2v) is 16.1. The number of fused-ring (bicyclic) bond motifs is 3. The summed E-state index contributed by atoms with van der Waals surface area (Å²) in [5.41, 5.74) is 9.27. The number of rotatable bonds is 5. The highest BCUT2D eigenvalue weighted by molar-refractivity contribution is 6.16. The molecule has 17 heteroatoms. The molecule has 5 aromatic carbocycles. The molecule has 0 bridgehead atoms. The van der Waals surface area contributed by atoms with Crippen LogP contribution in [0.1, 0.15) is 89.4 Å². The molecule has 340 valence electrons. The van der Waals surface area contributed by atoms with Crippen LogP contribution in [-0.2, 0) is 48.7 Å². The first-order valence-electron chi connectivity index (χ1n) is 20.9. The van der Waals surface area contributed by atoms with Crippen LogP contribution >= 0.6 is 12.4 Å². The summed E-state index contributed by atoms with van der Waals surface area (Å²) in [6, 6.07) is 35.7. The summed E-state index contributed by atoms with van der Waals surface area (Å²) >= 11 is 0. The standard InChI is InChI=1S/C20H19N3O3.C19H18N4O3.C10H11NO2.ClH/c1-20(25)17(13-7-4-3-5-8-13)21-19(22-20)23-11-14-9-6-10-15(16(14)12-23)18(24)26-2;1-19(25)16(12-6-3-2-4-7-12)20-18(21-19)23-10-13-8-5-9-14(15(13)11-23)17(24)22-26;1-13-10(12)8-4-2-3-7-5-11-6-9(7)8;/h3-10,25H,11-12H2,1-2H3;2-9,25-26H,10-11H2,1H3,(H,22,24);2-4,11H,5-6H2,1H3;1H. The van der Waals surface area contributed by atoms with E-state index < -0.39 is 17.4 Å². The fourth-order valence-corrected chi connectivity index (χ4v) is 8.44. The highest BCUT2D eigenvalue weighted by Gasteiger charge is 2.39. The number of esters is 2. The normalized spacial score (nSPS) is 19.5. The largest absolute Gasteiger partial charge is 0.465 e. The molecule has 0 saturated carbocycles. The van der Waals surface area contributed by atoms with Gasteiger partial charge >= 0.3 is 11.9 Å². The van der Waals surface area contributed by atoms with Crippen molar-refractivity contribution in [3.05, 3.63) is 176 Å². The second-order valence-electron chi connectivity index (χ2n) is 16.1. The predicted molar refractivity (Wildman–Crippen MR) is 250 cm³/mol. The summed E-state index contributed by atoms with van der Waals surface area (Å²) in [5, 5.41) is 33.5. The third kappa shape index (κ3) is 9.49. The van der Waals surface area contributed by atoms with Gasteiger partial charge < -0.3 is 34.8 Å². The molecule has 66 heavy (non-hydrogen) atoms. The zero-order valence-electron chi connectivity index (χ0n) is 36.7. The monoisotopic (exact) mass is 912 g/mol. The quantitative estimate of drug-likeness (QED) is 0.0840. The van der Waals surface area contributed by atoms with E-state index in [4.69, 9.17) is 14.7 Å². The van der Waals surface area contributed by atoms with Crippen molar-refractivity contribution in [2.45, 2.75) is 64.6 Å². The Kier molecular flexibility index (Phi) is 13.9. The molecular weight excluding hydrogens is 864 g/mol. The van der Waals surface area contributed by atoms with Gasteiger partial charge in [0.15, 0.2) is 0 Å². The van der Waals surface area contributed by atoms with Crippen LogP contribution in [0.3, 0.4) is 0 Å². The molecule has 5 aromatic rings. The Labute approximate surface area is 387 Å². The van der Waals surface area contributed by atoms with Gasteiger partial charge in [-0.25, -0.2) is 35.0 Å². The molecule has 10 rings (SSSR count). The van der Waals surface area contributed by atoms with Gasteiger partial charge in [-0.15, -0.1) is 12.4 Å². The number of nitrogens with one attached hydrogen (secondary N) is 2. The van der Waals surface area contributed by atoms with E-state index in [9.17, 15) is 24.6 Å². The van der Waals surface area contributed by atoms with Crippen LogP contribution in [0.15, 0.2) is 135 Å². The average Bonchev–Trinajstić information content (AvgIpc) is 4.17. The van der Waals surface area contributed by atoms with E-state index in [1.54, 1.807) is 43.6 Å². The number of aliphatic imine (C=N–C) groups is 4. The number of guanidine groups is 2. The third-order valence-electron chi connectivity index (χ3n) is 11.6. The summed E-state index contributed by atoms with van der Waals surface area (Å²) in [6.07, 6.45) is 0. The molecule has 0 aromatic heterocycles. The molecule has 5 aliphatic heterocycles. The fraction of sp³-hybridized carbons (Fsp3) is 0.245. The molecule has 2 atom stereocenters. The molecular formula is C49H49ClN8O8. The second kappa shape index (κ2) is 19.6. The SMILES string of the molecule is CC1(O)N=C(N2Cc3cccc(C(=O)NO)c3C2)N=C1c1ccccc1.COC(=O)c1cccc2c1CN(C1=NC(C)(O)C(c3ccccc3)=N1)C2.COC(=O)c1cccc2c1CNC2.Cl. The number of aliphatic hydroxyl groups is 2. The molecule has 0 fully saturated rings. The minimum Gasteiger partial charge on any atom is -0.465 e. The van der Waals surface area contributed by atoms with E-state index in [0.29, 0.717) is 66.2 Å². The number of nitrogens with zero attached hydrogens (tertiary/aromatic N) is 6. The van der Waals surface area contributed by atoms with Gasteiger partial charge in [-0.1, -0.05) is 97.1 Å². The average molecular weight is 913 g/mol. The van der Waals surface area contributed by atoms with E-state index in [-0.39, 0.29) is 24.3 Å². The van der Waals surface area contributed by atoms with Gasteiger partial charge in [0.2, 0.25) is 23.4 Å². The number of methoxy groups -OCH3 is 2. The van der Waals surface area contributed by atoms with Crippen LogP contribution in [0, 0.1) is 0 Å². The van der Waals surface area contributed by atoms with Crippen molar-refractivity contribution in [3.63, 3.8) is 0 Å². The fourth-order valence-electron chi connectivity index (χ4n) is 8.44. The van der Waals surface area contributed by atoms with Gasteiger partial charge in [-0.3, -0.25) is 10.0 Å². The van der Waals surface area contributed by atoms with Crippen LogP contribution in [-0.4, -0.2) is 92.1 Å². The van der Waals surface area contributed by atoms with E-state index in [1.165, 1.54) is 19.8 Å². The Morgan fingerprint density at radius 1 is 0.576 bits per heavy atom. The number of benzene rings is 5. The number of hydrogen-bond acceptors (Lipinski definition) is 15. The molecule has 2 unspecified atom stereocenters. The van der Waals surface area contributed by atoms with Crippen LogP contribution in [0.4, 0.5) is 0 Å². The highest BCUT2D eigenvalue weighted by atomic mass is 35.5. The lowest BCUT2D eigenvalue weighted by Gasteiger charge is -2.16. The number of halogens is 1. The first-order chi connectivity index (χ1) is 31.3. The van der Waals surface area contributed by atoms with Gasteiger partial charge in [0.1, 0.15) is 11.4 Å². The summed E-state index contributed by atoms with van der Waals surface area (Å²) < 4.78 is 9.57. The first kappa shape index (κ1) is 46.9. The smallest absolute Gasteiger partial charge is 0.338 e. The van der Waals surface area contributed by atoms with Crippen molar-refractivity contribution in [2.24, 2.45) is 20.0 Å². The number of carbonyl (C=O) groups excluding carboxylic acids is 3. The molecule has 0 saturated heterocycles. The van der Waals surface area contributed by atoms with E-state index in [1.807, 2.05) is 101 Å². The Balaban J connectivity index is 0.000000154. The Hall–Kier alpha value is -7.08. The lowest BCUT2D eigenvalue weighted by atomic mass is 10.0.